The highest BCUT2D eigenvalue weighted by atomic mass is 16.5. The Hall–Kier alpha value is -0.570. The molecule has 3 aliphatic rings. The molecule has 4 atom stereocenters. The van der Waals surface area contributed by atoms with Crippen LogP contribution in [0.15, 0.2) is 0 Å². The van der Waals surface area contributed by atoms with Gasteiger partial charge in [-0.3, -0.25) is 4.79 Å². The maximum absolute atomic E-state index is 11.3. The molecule has 0 aromatic heterocycles. The molecule has 0 aromatic carbocycles. The van der Waals surface area contributed by atoms with E-state index in [-0.39, 0.29) is 12.1 Å². The normalized spacial score (nSPS) is 40.7. The average molecular weight is 252 g/mol. The summed E-state index contributed by atoms with van der Waals surface area (Å²) in [4.78, 5) is 13.1. The first-order valence-corrected chi connectivity index (χ1v) is 7.77. The second-order valence-corrected chi connectivity index (χ2v) is 6.48. The summed E-state index contributed by atoms with van der Waals surface area (Å²) in [7, 11) is 0. The number of esters is 1. The number of hydrogen-bond acceptors (Lipinski definition) is 2. The quantitative estimate of drug-likeness (QED) is 0.748. The molecule has 2 aliphatic carbocycles. The molecule has 1 N–H and O–H groups in total. The highest BCUT2D eigenvalue weighted by Gasteiger charge is 2.48. The van der Waals surface area contributed by atoms with Crippen molar-refractivity contribution in [1.82, 2.24) is 0 Å². The Labute approximate surface area is 110 Å². The van der Waals surface area contributed by atoms with Crippen LogP contribution < -0.4 is 4.90 Å². The monoisotopic (exact) mass is 252 g/mol. The second kappa shape index (κ2) is 5.20. The molecule has 2 saturated carbocycles. The summed E-state index contributed by atoms with van der Waals surface area (Å²) >= 11 is 0. The third-order valence-electron chi connectivity index (χ3n) is 5.44. The summed E-state index contributed by atoms with van der Waals surface area (Å²) in [5, 5.41) is 0. The lowest BCUT2D eigenvalue weighted by Crippen LogP contribution is -3.15. The van der Waals surface area contributed by atoms with Crippen LogP contribution >= 0.6 is 0 Å². The largest absolute Gasteiger partial charge is 0.462 e. The standard InChI is InChI=1S/C15H25NO2/c1-11(17)18-15-12-5-4-6-13(15)14(8-7-12)16-9-2-3-10-16/h12-15H,2-10H2,1H3/p+1/t12-,13+,14+,15+/m1/s1. The topological polar surface area (TPSA) is 30.7 Å². The second-order valence-electron chi connectivity index (χ2n) is 6.48. The molecule has 0 spiro atoms. The minimum atomic E-state index is -0.0750. The summed E-state index contributed by atoms with van der Waals surface area (Å²) in [5.74, 6) is 1.23. The Kier molecular flexibility index (Phi) is 3.60. The third kappa shape index (κ3) is 2.29. The zero-order valence-corrected chi connectivity index (χ0v) is 11.5. The molecule has 0 aromatic rings. The van der Waals surface area contributed by atoms with Gasteiger partial charge in [-0.05, 0) is 25.2 Å². The SMILES string of the molecule is CC(=O)O[C@H]1[C@@H]2CCC[C@H]1[C@@H]([NH+]1CCCC1)CC2. The first kappa shape index (κ1) is 12.5. The smallest absolute Gasteiger partial charge is 0.302 e. The third-order valence-corrected chi connectivity index (χ3v) is 5.44. The number of hydrogen-bond donors (Lipinski definition) is 1. The number of carbonyl (C=O) groups excluding carboxylic acids is 1. The van der Waals surface area contributed by atoms with Crippen LogP contribution in [-0.2, 0) is 9.53 Å². The van der Waals surface area contributed by atoms with Crippen molar-refractivity contribution in [3.63, 3.8) is 0 Å². The van der Waals surface area contributed by atoms with Crippen molar-refractivity contribution in [2.45, 2.75) is 64.0 Å². The van der Waals surface area contributed by atoms with Crippen LogP contribution in [0.25, 0.3) is 0 Å². The van der Waals surface area contributed by atoms with Gasteiger partial charge in [-0.15, -0.1) is 0 Å². The van der Waals surface area contributed by atoms with Crippen LogP contribution in [0.3, 0.4) is 0 Å². The van der Waals surface area contributed by atoms with Gasteiger partial charge in [0.2, 0.25) is 0 Å². The van der Waals surface area contributed by atoms with Crippen molar-refractivity contribution in [2.75, 3.05) is 13.1 Å². The Balaban J connectivity index is 1.74. The van der Waals surface area contributed by atoms with E-state index in [2.05, 4.69) is 0 Å². The van der Waals surface area contributed by atoms with Gasteiger partial charge in [-0.25, -0.2) is 0 Å². The van der Waals surface area contributed by atoms with Crippen LogP contribution in [0.5, 0.6) is 0 Å². The van der Waals surface area contributed by atoms with E-state index in [4.69, 9.17) is 4.74 Å². The van der Waals surface area contributed by atoms with Crippen molar-refractivity contribution >= 4 is 5.97 Å². The van der Waals surface area contributed by atoms with Gasteiger partial charge < -0.3 is 9.64 Å². The van der Waals surface area contributed by atoms with Crippen LogP contribution in [-0.4, -0.2) is 31.2 Å². The molecule has 0 unspecified atom stereocenters. The molecule has 102 valence electrons. The van der Waals surface area contributed by atoms with Gasteiger partial charge in [0.05, 0.1) is 19.1 Å². The molecule has 1 heterocycles. The molecule has 3 fully saturated rings. The summed E-state index contributed by atoms with van der Waals surface area (Å²) in [6.45, 7) is 4.26. The first-order valence-electron chi connectivity index (χ1n) is 7.77. The van der Waals surface area contributed by atoms with Crippen LogP contribution in [0.2, 0.25) is 0 Å². The van der Waals surface area contributed by atoms with Gasteiger partial charge in [0.25, 0.3) is 0 Å². The minimum Gasteiger partial charge on any atom is -0.462 e. The van der Waals surface area contributed by atoms with E-state index in [1.807, 2.05) is 0 Å². The van der Waals surface area contributed by atoms with Crippen molar-refractivity contribution in [3.05, 3.63) is 0 Å². The van der Waals surface area contributed by atoms with Gasteiger partial charge in [-0.2, -0.15) is 0 Å². The van der Waals surface area contributed by atoms with Gasteiger partial charge in [0.1, 0.15) is 6.10 Å². The van der Waals surface area contributed by atoms with Gasteiger partial charge in [0.15, 0.2) is 0 Å². The number of carbonyl (C=O) groups is 1. The number of quaternary nitrogens is 1. The van der Waals surface area contributed by atoms with E-state index < -0.39 is 0 Å². The summed E-state index contributed by atoms with van der Waals surface area (Å²) < 4.78 is 5.70. The number of likely N-dealkylation sites (tertiary alicyclic amines) is 1. The Morgan fingerprint density at radius 3 is 2.56 bits per heavy atom. The number of ether oxygens (including phenoxy) is 1. The van der Waals surface area contributed by atoms with E-state index in [9.17, 15) is 4.79 Å². The Bertz CT molecular complexity index is 312. The highest BCUT2D eigenvalue weighted by molar-refractivity contribution is 5.66. The number of nitrogens with one attached hydrogen (secondary N) is 1. The van der Waals surface area contributed by atoms with Crippen molar-refractivity contribution in [3.8, 4) is 0 Å². The van der Waals surface area contributed by atoms with Crippen molar-refractivity contribution in [1.29, 1.82) is 0 Å². The molecule has 3 nitrogen and oxygen atoms in total. The highest BCUT2D eigenvalue weighted by Crippen LogP contribution is 2.41. The zero-order valence-electron chi connectivity index (χ0n) is 11.5. The molecule has 2 bridgehead atoms. The molecule has 3 heteroatoms. The van der Waals surface area contributed by atoms with E-state index >= 15 is 0 Å². The van der Waals surface area contributed by atoms with Crippen LogP contribution in [0.1, 0.15) is 51.9 Å². The molecule has 1 saturated heterocycles. The van der Waals surface area contributed by atoms with Crippen LogP contribution in [0.4, 0.5) is 0 Å². The summed E-state index contributed by atoms with van der Waals surface area (Å²) in [6.07, 6.45) is 9.56. The van der Waals surface area contributed by atoms with Gasteiger partial charge >= 0.3 is 5.97 Å². The molecule has 3 rings (SSSR count). The maximum atomic E-state index is 11.3. The fraction of sp³-hybridized carbons (Fsp3) is 0.933. The average Bonchev–Trinajstić information content (AvgIpc) is 2.81. The van der Waals surface area contributed by atoms with Gasteiger partial charge in [-0.1, -0.05) is 6.42 Å². The zero-order chi connectivity index (χ0) is 12.5. The lowest BCUT2D eigenvalue weighted by molar-refractivity contribution is -0.919. The first-order chi connectivity index (χ1) is 8.75. The Morgan fingerprint density at radius 2 is 1.83 bits per heavy atom. The molecular weight excluding hydrogens is 226 g/mol. The number of fused-ring (bicyclic) bond motifs is 2. The van der Waals surface area contributed by atoms with E-state index in [0.717, 1.165) is 6.04 Å². The summed E-state index contributed by atoms with van der Waals surface area (Å²) in [6, 6.07) is 0.772. The van der Waals surface area contributed by atoms with E-state index in [1.165, 1.54) is 58.0 Å². The predicted molar refractivity (Wildman–Crippen MR) is 69.3 cm³/mol. The predicted octanol–water partition coefficient (Wildman–Crippen LogP) is 1.18. The lowest BCUT2D eigenvalue weighted by Gasteiger charge is -2.46. The fourth-order valence-corrected chi connectivity index (χ4v) is 4.72. The molecule has 1 aliphatic heterocycles. The molecular formula is C15H26NO2+. The molecule has 0 radical (unpaired) electrons. The molecule has 18 heavy (non-hydrogen) atoms. The fourth-order valence-electron chi connectivity index (χ4n) is 4.72. The van der Waals surface area contributed by atoms with E-state index in [1.54, 1.807) is 11.8 Å². The summed E-state index contributed by atoms with van der Waals surface area (Å²) in [5.41, 5.74) is 0. The number of rotatable bonds is 2. The minimum absolute atomic E-state index is 0.0750. The maximum Gasteiger partial charge on any atom is 0.302 e. The van der Waals surface area contributed by atoms with E-state index in [0.29, 0.717) is 11.8 Å². The van der Waals surface area contributed by atoms with Gasteiger partial charge in [0, 0.05) is 32.1 Å². The van der Waals surface area contributed by atoms with Crippen LogP contribution in [0, 0.1) is 11.8 Å². The van der Waals surface area contributed by atoms with Crippen molar-refractivity contribution < 1.29 is 14.4 Å². The Morgan fingerprint density at radius 1 is 1.06 bits per heavy atom. The van der Waals surface area contributed by atoms with Crippen molar-refractivity contribution in [2.24, 2.45) is 11.8 Å². The molecule has 0 amide bonds. The lowest BCUT2D eigenvalue weighted by atomic mass is 9.67.